The number of hydrogen-bond acceptors (Lipinski definition) is 5. The fourth-order valence-corrected chi connectivity index (χ4v) is 3.74. The summed E-state index contributed by atoms with van der Waals surface area (Å²) >= 11 is 3.52. The third kappa shape index (κ3) is 4.25. The molecule has 0 bridgehead atoms. The smallest absolute Gasteiger partial charge is 0.306 e. The van der Waals surface area contributed by atoms with Gasteiger partial charge in [0, 0.05) is 47.2 Å². The Morgan fingerprint density at radius 2 is 2.07 bits per heavy atom. The Morgan fingerprint density at radius 3 is 2.75 bits per heavy atom. The van der Waals surface area contributed by atoms with Gasteiger partial charge in [-0.15, -0.1) is 0 Å². The van der Waals surface area contributed by atoms with E-state index in [9.17, 15) is 4.79 Å². The number of fused-ring (bicyclic) bond motifs is 1. The Hall–Kier alpha value is -2.25. The van der Waals surface area contributed by atoms with Crippen LogP contribution in [0.3, 0.4) is 0 Å². The van der Waals surface area contributed by atoms with Crippen molar-refractivity contribution in [2.45, 2.75) is 39.7 Å². The van der Waals surface area contributed by atoms with Crippen molar-refractivity contribution in [2.75, 3.05) is 13.7 Å². The zero-order valence-electron chi connectivity index (χ0n) is 16.4. The average Bonchev–Trinajstić information content (AvgIpc) is 3.08. The molecule has 0 fully saturated rings. The molecule has 0 saturated heterocycles. The van der Waals surface area contributed by atoms with E-state index in [1.165, 1.54) is 0 Å². The van der Waals surface area contributed by atoms with Crippen molar-refractivity contribution >= 4 is 27.4 Å². The first-order valence-electron chi connectivity index (χ1n) is 9.36. The third-order valence-corrected chi connectivity index (χ3v) is 5.02. The predicted octanol–water partition coefficient (Wildman–Crippen LogP) is 4.36. The molecule has 0 aliphatic carbocycles. The number of esters is 1. The molecule has 0 amide bonds. The molecule has 3 aromatic heterocycles. The number of halogens is 1. The maximum absolute atomic E-state index is 12.0. The predicted molar refractivity (Wildman–Crippen MR) is 111 cm³/mol. The Bertz CT molecular complexity index is 984. The Kier molecular flexibility index (Phi) is 6.80. The average molecular weight is 446 g/mol. The minimum Gasteiger partial charge on any atom is -0.466 e. The highest BCUT2D eigenvalue weighted by molar-refractivity contribution is 9.10. The van der Waals surface area contributed by atoms with E-state index in [1.54, 1.807) is 13.3 Å². The van der Waals surface area contributed by atoms with Crippen LogP contribution in [-0.2, 0) is 33.7 Å². The molecule has 0 spiro atoms. The first-order valence-corrected chi connectivity index (χ1v) is 10.2. The lowest BCUT2D eigenvalue weighted by atomic mass is 9.96. The van der Waals surface area contributed by atoms with Crippen molar-refractivity contribution in [1.29, 1.82) is 0 Å². The summed E-state index contributed by atoms with van der Waals surface area (Å²) in [6.07, 6.45) is 5.27. The van der Waals surface area contributed by atoms with E-state index in [-0.39, 0.29) is 12.4 Å². The lowest BCUT2D eigenvalue weighted by molar-refractivity contribution is -0.143. The third-order valence-electron chi connectivity index (χ3n) is 4.58. The van der Waals surface area contributed by atoms with Gasteiger partial charge in [0.25, 0.3) is 0 Å². The fraction of sp³-hybridized carbons (Fsp3) is 0.381. The molecular weight excluding hydrogens is 422 g/mol. The quantitative estimate of drug-likeness (QED) is 0.481. The molecule has 7 heteroatoms. The van der Waals surface area contributed by atoms with Crippen LogP contribution in [0.15, 0.2) is 35.1 Å². The van der Waals surface area contributed by atoms with Crippen LogP contribution in [0.1, 0.15) is 37.2 Å². The Morgan fingerprint density at radius 1 is 1.25 bits per heavy atom. The molecule has 0 saturated carbocycles. The molecule has 6 nitrogen and oxygen atoms in total. The molecule has 3 rings (SSSR count). The zero-order valence-corrected chi connectivity index (χ0v) is 18.0. The maximum atomic E-state index is 12.0. The number of carbonyl (C=O) groups is 1. The van der Waals surface area contributed by atoms with E-state index in [0.29, 0.717) is 19.6 Å². The minimum atomic E-state index is -0.214. The summed E-state index contributed by atoms with van der Waals surface area (Å²) in [5.74, 6) is -0.214. The van der Waals surface area contributed by atoms with E-state index >= 15 is 0 Å². The minimum absolute atomic E-state index is 0.214. The van der Waals surface area contributed by atoms with E-state index < -0.39 is 0 Å². The van der Waals surface area contributed by atoms with Gasteiger partial charge in [0.2, 0.25) is 0 Å². The summed E-state index contributed by atoms with van der Waals surface area (Å²) < 4.78 is 13.4. The van der Waals surface area contributed by atoms with Crippen LogP contribution in [0.2, 0.25) is 0 Å². The van der Waals surface area contributed by atoms with E-state index in [0.717, 1.165) is 44.5 Å². The number of nitrogens with zero attached hydrogens (tertiary/aromatic N) is 3. The maximum Gasteiger partial charge on any atom is 0.306 e. The molecule has 148 valence electrons. The van der Waals surface area contributed by atoms with Gasteiger partial charge in [0.05, 0.1) is 24.4 Å². The second-order valence-electron chi connectivity index (χ2n) is 6.41. The Labute approximate surface area is 173 Å². The normalized spacial score (nSPS) is 11.1. The molecule has 0 N–H and O–H groups in total. The van der Waals surface area contributed by atoms with Gasteiger partial charge < -0.3 is 9.47 Å². The first kappa shape index (κ1) is 20.5. The van der Waals surface area contributed by atoms with Crippen LogP contribution < -0.4 is 0 Å². The van der Waals surface area contributed by atoms with E-state index in [2.05, 4.69) is 40.0 Å². The molecular formula is C21H24BrN3O3. The second-order valence-corrected chi connectivity index (χ2v) is 7.32. The lowest BCUT2D eigenvalue weighted by Crippen LogP contribution is -2.12. The van der Waals surface area contributed by atoms with Crippen molar-refractivity contribution in [2.24, 2.45) is 0 Å². The summed E-state index contributed by atoms with van der Waals surface area (Å²) in [6, 6.07) is 6.20. The van der Waals surface area contributed by atoms with Crippen LogP contribution in [0.4, 0.5) is 0 Å². The highest BCUT2D eigenvalue weighted by atomic mass is 79.9. The van der Waals surface area contributed by atoms with Crippen LogP contribution in [0.5, 0.6) is 0 Å². The molecule has 28 heavy (non-hydrogen) atoms. The van der Waals surface area contributed by atoms with Crippen LogP contribution in [0.25, 0.3) is 16.6 Å². The van der Waals surface area contributed by atoms with E-state index in [1.807, 2.05) is 23.7 Å². The zero-order chi connectivity index (χ0) is 20.1. The number of aryl methyl sites for hydroxylation is 1. The van der Waals surface area contributed by atoms with Crippen LogP contribution in [-0.4, -0.2) is 34.3 Å². The Balaban J connectivity index is 2.22. The first-order chi connectivity index (χ1) is 13.6. The van der Waals surface area contributed by atoms with Gasteiger partial charge in [0.15, 0.2) is 0 Å². The van der Waals surface area contributed by atoms with E-state index in [4.69, 9.17) is 14.6 Å². The van der Waals surface area contributed by atoms with Crippen molar-refractivity contribution in [3.8, 4) is 11.1 Å². The second kappa shape index (κ2) is 9.30. The molecule has 0 aliphatic rings. The van der Waals surface area contributed by atoms with Crippen LogP contribution >= 0.6 is 15.9 Å². The fourth-order valence-electron chi connectivity index (χ4n) is 3.38. The van der Waals surface area contributed by atoms with Gasteiger partial charge >= 0.3 is 5.97 Å². The number of ether oxygens (including phenoxy) is 2. The molecule has 0 aliphatic heterocycles. The van der Waals surface area contributed by atoms with Gasteiger partial charge in [-0.25, -0.2) is 4.52 Å². The van der Waals surface area contributed by atoms with Gasteiger partial charge in [0.1, 0.15) is 0 Å². The highest BCUT2D eigenvalue weighted by Gasteiger charge is 2.20. The molecule has 0 radical (unpaired) electrons. The van der Waals surface area contributed by atoms with Crippen LogP contribution in [0, 0.1) is 0 Å². The van der Waals surface area contributed by atoms with Gasteiger partial charge in [-0.2, -0.15) is 5.10 Å². The summed E-state index contributed by atoms with van der Waals surface area (Å²) in [4.78, 5) is 16.3. The summed E-state index contributed by atoms with van der Waals surface area (Å²) in [6.45, 7) is 4.66. The largest absolute Gasteiger partial charge is 0.466 e. The molecule has 3 aromatic rings. The molecule has 3 heterocycles. The number of hydrogen-bond donors (Lipinski definition) is 0. The summed E-state index contributed by atoms with van der Waals surface area (Å²) in [7, 11) is 1.65. The van der Waals surface area contributed by atoms with Crippen molar-refractivity contribution in [3.05, 3.63) is 52.0 Å². The van der Waals surface area contributed by atoms with Crippen molar-refractivity contribution < 1.29 is 14.3 Å². The topological polar surface area (TPSA) is 65.7 Å². The number of carbonyl (C=O) groups excluding carboxylic acids is 1. The van der Waals surface area contributed by atoms with Gasteiger partial charge in [-0.05, 0) is 59.5 Å². The summed E-state index contributed by atoms with van der Waals surface area (Å²) in [5, 5.41) is 4.84. The number of aromatic nitrogens is 3. The number of methoxy groups -OCH3 is 1. The number of rotatable bonds is 8. The standard InChI is InChI=1S/C21H24BrN3O3/c1-4-16-6-8-19-21(14-10-15(22)12-23-11-14)17(7-9-20(26)28-5-2)18(13-27-3)24-25(16)19/h6,8,10-12H,4-5,7,9,13H2,1-3H3. The van der Waals surface area contributed by atoms with Crippen molar-refractivity contribution in [3.63, 3.8) is 0 Å². The summed E-state index contributed by atoms with van der Waals surface area (Å²) in [5.41, 5.74) is 5.92. The number of pyridine rings is 1. The molecule has 0 unspecified atom stereocenters. The highest BCUT2D eigenvalue weighted by Crippen LogP contribution is 2.33. The van der Waals surface area contributed by atoms with Gasteiger partial charge in [-0.3, -0.25) is 9.78 Å². The lowest BCUT2D eigenvalue weighted by Gasteiger charge is -2.17. The molecule has 0 atom stereocenters. The SMILES string of the molecule is CCOC(=O)CCc1c(COC)nn2c(CC)ccc2c1-c1cncc(Br)c1. The van der Waals surface area contributed by atoms with Crippen molar-refractivity contribution in [1.82, 2.24) is 14.6 Å². The molecule has 0 aromatic carbocycles. The van der Waals surface area contributed by atoms with Gasteiger partial charge in [-0.1, -0.05) is 6.92 Å². The monoisotopic (exact) mass is 445 g/mol.